The van der Waals surface area contributed by atoms with E-state index < -0.39 is 0 Å². The van der Waals surface area contributed by atoms with Gasteiger partial charge in [0.25, 0.3) is 0 Å². The highest BCUT2D eigenvalue weighted by Gasteiger charge is 2.45. The van der Waals surface area contributed by atoms with Gasteiger partial charge in [-0.05, 0) is 24.8 Å². The summed E-state index contributed by atoms with van der Waals surface area (Å²) in [4.78, 5) is 18.3. The van der Waals surface area contributed by atoms with E-state index in [-0.39, 0.29) is 11.8 Å². The lowest BCUT2D eigenvalue weighted by molar-refractivity contribution is -0.132. The fourth-order valence-electron chi connectivity index (χ4n) is 2.57. The molecular weight excluding hydrogens is 252 g/mol. The highest BCUT2D eigenvalue weighted by molar-refractivity contribution is 5.82. The van der Waals surface area contributed by atoms with E-state index in [1.165, 1.54) is 5.56 Å². The quantitative estimate of drug-likeness (QED) is 0.922. The first-order valence-electron chi connectivity index (χ1n) is 6.83. The van der Waals surface area contributed by atoms with Gasteiger partial charge in [-0.3, -0.25) is 9.89 Å². The molecule has 2 atom stereocenters. The van der Waals surface area contributed by atoms with Crippen molar-refractivity contribution in [3.63, 3.8) is 0 Å². The molecule has 0 bridgehead atoms. The number of hydrogen-bond acceptors (Lipinski definition) is 3. The average Bonchev–Trinajstić information content (AvgIpc) is 3.16. The molecular formula is C15H18N4O. The van der Waals surface area contributed by atoms with Gasteiger partial charge < -0.3 is 4.90 Å². The largest absolute Gasteiger partial charge is 0.338 e. The van der Waals surface area contributed by atoms with Crippen LogP contribution in [0.25, 0.3) is 0 Å². The van der Waals surface area contributed by atoms with Gasteiger partial charge in [-0.2, -0.15) is 5.10 Å². The molecule has 104 valence electrons. The Morgan fingerprint density at radius 3 is 2.80 bits per heavy atom. The Hall–Kier alpha value is -2.17. The van der Waals surface area contributed by atoms with Crippen LogP contribution in [0.2, 0.25) is 0 Å². The summed E-state index contributed by atoms with van der Waals surface area (Å²) in [6, 6.07) is 10.2. The minimum atomic E-state index is 0.113. The fraction of sp³-hybridized carbons (Fsp3) is 0.400. The SMILES string of the molecule is Cc1nc(CN(C)C(=O)C2CC2c2ccccc2)n[nH]1. The van der Waals surface area contributed by atoms with Crippen molar-refractivity contribution in [3.05, 3.63) is 47.5 Å². The highest BCUT2D eigenvalue weighted by atomic mass is 16.2. The van der Waals surface area contributed by atoms with Gasteiger partial charge in [-0.1, -0.05) is 30.3 Å². The maximum atomic E-state index is 12.4. The molecule has 1 aliphatic carbocycles. The Kier molecular flexibility index (Phi) is 3.26. The number of nitrogens with one attached hydrogen (secondary N) is 1. The fourth-order valence-corrected chi connectivity index (χ4v) is 2.57. The van der Waals surface area contributed by atoms with Gasteiger partial charge in [0.15, 0.2) is 5.82 Å². The van der Waals surface area contributed by atoms with Crippen LogP contribution in [0, 0.1) is 12.8 Å². The molecule has 2 unspecified atom stereocenters. The molecule has 1 heterocycles. The number of carbonyl (C=O) groups is 1. The van der Waals surface area contributed by atoms with Gasteiger partial charge in [-0.25, -0.2) is 4.98 Å². The third kappa shape index (κ3) is 2.57. The molecule has 0 aliphatic heterocycles. The van der Waals surface area contributed by atoms with Crippen LogP contribution in [0.1, 0.15) is 29.6 Å². The number of hydrogen-bond donors (Lipinski definition) is 1. The Bertz CT molecular complexity index is 607. The molecule has 1 aromatic carbocycles. The first kappa shape index (κ1) is 12.8. The maximum Gasteiger partial charge on any atom is 0.226 e. The van der Waals surface area contributed by atoms with E-state index in [2.05, 4.69) is 27.3 Å². The molecule has 0 radical (unpaired) electrons. The van der Waals surface area contributed by atoms with Gasteiger partial charge in [0.2, 0.25) is 5.91 Å². The lowest BCUT2D eigenvalue weighted by Gasteiger charge is -2.15. The van der Waals surface area contributed by atoms with Crippen LogP contribution in [0.15, 0.2) is 30.3 Å². The van der Waals surface area contributed by atoms with Crippen molar-refractivity contribution in [3.8, 4) is 0 Å². The number of rotatable bonds is 4. The third-order valence-corrected chi connectivity index (χ3v) is 3.73. The van der Waals surface area contributed by atoms with E-state index >= 15 is 0 Å². The zero-order valence-electron chi connectivity index (χ0n) is 11.7. The Balaban J connectivity index is 1.60. The zero-order valence-corrected chi connectivity index (χ0v) is 11.7. The van der Waals surface area contributed by atoms with Gasteiger partial charge in [-0.15, -0.1) is 0 Å². The third-order valence-electron chi connectivity index (χ3n) is 3.73. The predicted octanol–water partition coefficient (Wildman–Crippen LogP) is 1.88. The Labute approximate surface area is 118 Å². The second-order valence-electron chi connectivity index (χ2n) is 5.39. The summed E-state index contributed by atoms with van der Waals surface area (Å²) in [6.45, 7) is 2.31. The van der Waals surface area contributed by atoms with Crippen molar-refractivity contribution < 1.29 is 4.79 Å². The van der Waals surface area contributed by atoms with E-state index in [4.69, 9.17) is 0 Å². The molecule has 1 amide bonds. The lowest BCUT2D eigenvalue weighted by atomic mass is 10.1. The van der Waals surface area contributed by atoms with Crippen molar-refractivity contribution in [2.24, 2.45) is 5.92 Å². The number of aromatic nitrogens is 3. The number of carbonyl (C=O) groups excluding carboxylic acids is 1. The van der Waals surface area contributed by atoms with E-state index in [1.54, 1.807) is 4.90 Å². The molecule has 0 spiro atoms. The molecule has 1 aliphatic rings. The molecule has 1 aromatic heterocycles. The monoisotopic (exact) mass is 270 g/mol. The van der Waals surface area contributed by atoms with Crippen molar-refractivity contribution in [2.75, 3.05) is 7.05 Å². The summed E-state index contributed by atoms with van der Waals surface area (Å²) in [5.74, 6) is 2.11. The smallest absolute Gasteiger partial charge is 0.226 e. The van der Waals surface area contributed by atoms with E-state index in [1.807, 2.05) is 32.2 Å². The number of nitrogens with zero attached hydrogens (tertiary/aromatic N) is 3. The first-order chi connectivity index (χ1) is 9.65. The molecule has 1 saturated carbocycles. The minimum absolute atomic E-state index is 0.113. The second-order valence-corrected chi connectivity index (χ2v) is 5.39. The van der Waals surface area contributed by atoms with Crippen LogP contribution < -0.4 is 0 Å². The number of H-pyrrole nitrogens is 1. The van der Waals surface area contributed by atoms with Crippen LogP contribution in [0.4, 0.5) is 0 Å². The average molecular weight is 270 g/mol. The second kappa shape index (κ2) is 5.07. The van der Waals surface area contributed by atoms with E-state index in [0.29, 0.717) is 18.3 Å². The summed E-state index contributed by atoms with van der Waals surface area (Å²) in [5, 5.41) is 6.86. The van der Waals surface area contributed by atoms with Crippen LogP contribution in [0.5, 0.6) is 0 Å². The van der Waals surface area contributed by atoms with Crippen LogP contribution in [-0.2, 0) is 11.3 Å². The van der Waals surface area contributed by atoms with Crippen molar-refractivity contribution in [2.45, 2.75) is 25.8 Å². The Morgan fingerprint density at radius 1 is 1.40 bits per heavy atom. The highest BCUT2D eigenvalue weighted by Crippen LogP contribution is 2.48. The van der Waals surface area contributed by atoms with Crippen LogP contribution in [-0.4, -0.2) is 33.0 Å². The number of amides is 1. The van der Waals surface area contributed by atoms with E-state index in [9.17, 15) is 4.79 Å². The molecule has 1 N–H and O–H groups in total. The van der Waals surface area contributed by atoms with Gasteiger partial charge in [0.1, 0.15) is 5.82 Å². The maximum absolute atomic E-state index is 12.4. The lowest BCUT2D eigenvalue weighted by Crippen LogP contribution is -2.28. The van der Waals surface area contributed by atoms with Crippen LogP contribution >= 0.6 is 0 Å². The molecule has 5 nitrogen and oxygen atoms in total. The first-order valence-corrected chi connectivity index (χ1v) is 6.83. The summed E-state index contributed by atoms with van der Waals surface area (Å²) >= 11 is 0. The summed E-state index contributed by atoms with van der Waals surface area (Å²) < 4.78 is 0. The van der Waals surface area contributed by atoms with Gasteiger partial charge >= 0.3 is 0 Å². The predicted molar refractivity (Wildman–Crippen MR) is 74.9 cm³/mol. The molecule has 1 fully saturated rings. The summed E-state index contributed by atoms with van der Waals surface area (Å²) in [5.41, 5.74) is 1.26. The van der Waals surface area contributed by atoms with Crippen molar-refractivity contribution in [1.29, 1.82) is 0 Å². The summed E-state index contributed by atoms with van der Waals surface area (Å²) in [7, 11) is 1.81. The Morgan fingerprint density at radius 2 is 2.15 bits per heavy atom. The number of benzene rings is 1. The molecule has 20 heavy (non-hydrogen) atoms. The topological polar surface area (TPSA) is 61.9 Å². The molecule has 2 aromatic rings. The number of aromatic amines is 1. The van der Waals surface area contributed by atoms with Crippen LogP contribution in [0.3, 0.4) is 0 Å². The van der Waals surface area contributed by atoms with Gasteiger partial charge in [0, 0.05) is 13.0 Å². The van der Waals surface area contributed by atoms with Gasteiger partial charge in [0.05, 0.1) is 6.54 Å². The summed E-state index contributed by atoms with van der Waals surface area (Å²) in [6.07, 6.45) is 0.945. The van der Waals surface area contributed by atoms with E-state index in [0.717, 1.165) is 12.2 Å². The minimum Gasteiger partial charge on any atom is -0.338 e. The van der Waals surface area contributed by atoms with Crippen molar-refractivity contribution >= 4 is 5.91 Å². The standard InChI is InChI=1S/C15H18N4O/c1-10-16-14(18-17-10)9-19(2)15(20)13-8-12(13)11-6-4-3-5-7-11/h3-7,12-13H,8-9H2,1-2H3,(H,16,17,18). The molecule has 5 heteroatoms. The molecule has 0 saturated heterocycles. The van der Waals surface area contributed by atoms with Crippen molar-refractivity contribution in [1.82, 2.24) is 20.1 Å². The normalized spacial score (nSPS) is 20.7. The molecule has 3 rings (SSSR count). The zero-order chi connectivity index (χ0) is 14.1. The number of aryl methyl sites for hydroxylation is 1.